The molecule has 0 aromatic heterocycles. The third-order valence-corrected chi connectivity index (χ3v) is 4.24. The van der Waals surface area contributed by atoms with E-state index >= 15 is 0 Å². The lowest BCUT2D eigenvalue weighted by Gasteiger charge is -2.06. The minimum Gasteiger partial charge on any atom is -0.489 e. The first-order valence-electron chi connectivity index (χ1n) is 6.87. The normalized spacial score (nSPS) is 15.8. The van der Waals surface area contributed by atoms with E-state index in [1.807, 2.05) is 48.5 Å². The minimum absolute atomic E-state index is 0.157. The van der Waals surface area contributed by atoms with Gasteiger partial charge in [0.1, 0.15) is 12.4 Å². The highest BCUT2D eigenvalue weighted by Crippen LogP contribution is 2.25. The zero-order chi connectivity index (χ0) is 16.2. The molecule has 0 aliphatic carbocycles. The van der Waals surface area contributed by atoms with E-state index in [4.69, 9.17) is 21.7 Å². The summed E-state index contributed by atoms with van der Waals surface area (Å²) < 4.78 is 5.71. The molecule has 0 radical (unpaired) electrons. The summed E-state index contributed by atoms with van der Waals surface area (Å²) in [5.41, 5.74) is 1.93. The van der Waals surface area contributed by atoms with E-state index in [0.29, 0.717) is 16.5 Å². The molecule has 1 aliphatic rings. The van der Waals surface area contributed by atoms with Gasteiger partial charge in [0, 0.05) is 5.02 Å². The number of hydrogen-bond donors (Lipinski definition) is 2. The third-order valence-electron chi connectivity index (χ3n) is 3.16. The highest BCUT2D eigenvalue weighted by Gasteiger charge is 2.21. The lowest BCUT2D eigenvalue weighted by molar-refractivity contribution is -0.115. The van der Waals surface area contributed by atoms with Crippen molar-refractivity contribution in [1.29, 1.82) is 5.41 Å². The van der Waals surface area contributed by atoms with Crippen molar-refractivity contribution < 1.29 is 9.53 Å². The lowest BCUT2D eigenvalue weighted by atomic mass is 10.2. The average Bonchev–Trinajstić information content (AvgIpc) is 2.86. The van der Waals surface area contributed by atoms with E-state index in [9.17, 15) is 4.79 Å². The van der Waals surface area contributed by atoms with Crippen LogP contribution in [-0.4, -0.2) is 11.1 Å². The monoisotopic (exact) mass is 344 g/mol. The Labute approximate surface area is 143 Å². The number of rotatable bonds is 4. The van der Waals surface area contributed by atoms with Crippen molar-refractivity contribution in [2.45, 2.75) is 6.61 Å². The molecule has 3 rings (SSSR count). The molecule has 1 aliphatic heterocycles. The van der Waals surface area contributed by atoms with Crippen LogP contribution in [0, 0.1) is 5.41 Å². The number of ether oxygens (including phenoxy) is 1. The van der Waals surface area contributed by atoms with Crippen LogP contribution in [0.2, 0.25) is 5.02 Å². The van der Waals surface area contributed by atoms with Crippen molar-refractivity contribution in [3.8, 4) is 5.75 Å². The smallest absolute Gasteiger partial charge is 0.264 e. The van der Waals surface area contributed by atoms with Crippen LogP contribution >= 0.6 is 23.4 Å². The second kappa shape index (κ2) is 6.89. The lowest BCUT2D eigenvalue weighted by Crippen LogP contribution is -2.18. The van der Waals surface area contributed by atoms with E-state index in [-0.39, 0.29) is 11.1 Å². The maximum absolute atomic E-state index is 11.6. The number of thioether (sulfide) groups is 1. The number of amidine groups is 1. The van der Waals surface area contributed by atoms with Gasteiger partial charge in [-0.05, 0) is 53.2 Å². The van der Waals surface area contributed by atoms with Crippen LogP contribution in [0.3, 0.4) is 0 Å². The van der Waals surface area contributed by atoms with Gasteiger partial charge in [-0.3, -0.25) is 10.2 Å². The van der Waals surface area contributed by atoms with Crippen LogP contribution in [0.1, 0.15) is 11.1 Å². The highest BCUT2D eigenvalue weighted by atomic mass is 35.5. The second-order valence-corrected chi connectivity index (χ2v) is 6.37. The third kappa shape index (κ3) is 4.15. The molecule has 6 heteroatoms. The first-order chi connectivity index (χ1) is 11.1. The van der Waals surface area contributed by atoms with Gasteiger partial charge in [-0.25, -0.2) is 0 Å². The van der Waals surface area contributed by atoms with Crippen molar-refractivity contribution in [3.05, 3.63) is 69.6 Å². The van der Waals surface area contributed by atoms with Gasteiger partial charge in [-0.1, -0.05) is 35.9 Å². The zero-order valence-electron chi connectivity index (χ0n) is 12.0. The van der Waals surface area contributed by atoms with Crippen LogP contribution in [0.4, 0.5) is 0 Å². The van der Waals surface area contributed by atoms with Crippen LogP contribution in [0.25, 0.3) is 6.08 Å². The van der Waals surface area contributed by atoms with Crippen LogP contribution in [0.15, 0.2) is 53.4 Å². The largest absolute Gasteiger partial charge is 0.489 e. The average molecular weight is 345 g/mol. The van der Waals surface area contributed by atoms with Crippen molar-refractivity contribution >= 4 is 40.5 Å². The Balaban J connectivity index is 1.63. The fourth-order valence-electron chi connectivity index (χ4n) is 2.00. The number of halogens is 1. The molecule has 4 nitrogen and oxygen atoms in total. The Kier molecular flexibility index (Phi) is 4.69. The van der Waals surface area contributed by atoms with Gasteiger partial charge in [0.15, 0.2) is 5.17 Å². The first-order valence-corrected chi connectivity index (χ1v) is 8.06. The van der Waals surface area contributed by atoms with Gasteiger partial charge in [0.2, 0.25) is 0 Å². The predicted molar refractivity (Wildman–Crippen MR) is 93.7 cm³/mol. The Morgan fingerprint density at radius 2 is 1.83 bits per heavy atom. The van der Waals surface area contributed by atoms with E-state index < -0.39 is 0 Å². The Morgan fingerprint density at radius 3 is 2.43 bits per heavy atom. The van der Waals surface area contributed by atoms with Crippen molar-refractivity contribution in [2.24, 2.45) is 0 Å². The van der Waals surface area contributed by atoms with Crippen molar-refractivity contribution in [3.63, 3.8) is 0 Å². The summed E-state index contributed by atoms with van der Waals surface area (Å²) in [5.74, 6) is 0.515. The standard InChI is InChI=1S/C17H13ClN2O2S/c18-13-5-1-12(2-6-13)10-22-14-7-3-11(4-8-14)9-15-16(21)20-17(19)23-15/h1-9H,10H2,(H2,19,20,21)/b15-9+. The Hall–Kier alpha value is -2.24. The molecule has 1 heterocycles. The van der Waals surface area contributed by atoms with Gasteiger partial charge >= 0.3 is 0 Å². The van der Waals surface area contributed by atoms with Gasteiger partial charge < -0.3 is 10.1 Å². The highest BCUT2D eigenvalue weighted by molar-refractivity contribution is 8.18. The summed E-state index contributed by atoms with van der Waals surface area (Å²) in [6.45, 7) is 0.465. The quantitative estimate of drug-likeness (QED) is 0.822. The summed E-state index contributed by atoms with van der Waals surface area (Å²) >= 11 is 6.97. The van der Waals surface area contributed by atoms with Crippen molar-refractivity contribution in [2.75, 3.05) is 0 Å². The topological polar surface area (TPSA) is 62.2 Å². The molecule has 0 unspecified atom stereocenters. The first kappa shape index (κ1) is 15.6. The molecule has 116 valence electrons. The fourth-order valence-corrected chi connectivity index (χ4v) is 2.83. The summed E-state index contributed by atoms with van der Waals surface area (Å²) in [6, 6.07) is 15.0. The molecule has 1 amide bonds. The van der Waals surface area contributed by atoms with Crippen LogP contribution in [-0.2, 0) is 11.4 Å². The zero-order valence-corrected chi connectivity index (χ0v) is 13.6. The van der Waals surface area contributed by atoms with Gasteiger partial charge in [-0.2, -0.15) is 0 Å². The molecule has 2 N–H and O–H groups in total. The van der Waals surface area contributed by atoms with Crippen molar-refractivity contribution in [1.82, 2.24) is 5.32 Å². The molecule has 23 heavy (non-hydrogen) atoms. The molecule has 1 saturated heterocycles. The van der Waals surface area contributed by atoms with E-state index in [2.05, 4.69) is 5.32 Å². The van der Waals surface area contributed by atoms with Gasteiger partial charge in [-0.15, -0.1) is 0 Å². The summed E-state index contributed by atoms with van der Waals surface area (Å²) in [7, 11) is 0. The summed E-state index contributed by atoms with van der Waals surface area (Å²) in [6.07, 6.45) is 1.75. The number of nitrogens with one attached hydrogen (secondary N) is 2. The molecular weight excluding hydrogens is 332 g/mol. The van der Waals surface area contributed by atoms with Gasteiger partial charge in [0.05, 0.1) is 4.91 Å². The Bertz CT molecular complexity index is 770. The number of amides is 1. The summed E-state index contributed by atoms with van der Waals surface area (Å²) in [5, 5.41) is 10.7. The van der Waals surface area contributed by atoms with E-state index in [1.165, 1.54) is 0 Å². The predicted octanol–water partition coefficient (Wildman–Crippen LogP) is 4.06. The number of hydrogen-bond acceptors (Lipinski definition) is 4. The van der Waals surface area contributed by atoms with Gasteiger partial charge in [0.25, 0.3) is 5.91 Å². The fraction of sp³-hybridized carbons (Fsp3) is 0.0588. The molecule has 0 spiro atoms. The molecule has 0 saturated carbocycles. The molecule has 2 aromatic rings. The number of carbonyl (C=O) groups excluding carboxylic acids is 1. The SMILES string of the molecule is N=C1NC(=O)/C(=C\c2ccc(OCc3ccc(Cl)cc3)cc2)S1. The maximum Gasteiger partial charge on any atom is 0.264 e. The van der Waals surface area contributed by atoms with Crippen LogP contribution in [0.5, 0.6) is 5.75 Å². The minimum atomic E-state index is -0.233. The van der Waals surface area contributed by atoms with E-state index in [0.717, 1.165) is 28.6 Å². The summed E-state index contributed by atoms with van der Waals surface area (Å²) in [4.78, 5) is 12.1. The maximum atomic E-state index is 11.6. The number of carbonyl (C=O) groups is 1. The van der Waals surface area contributed by atoms with Crippen LogP contribution < -0.4 is 10.1 Å². The van der Waals surface area contributed by atoms with E-state index in [1.54, 1.807) is 6.08 Å². The molecular formula is C17H13ClN2O2S. The Morgan fingerprint density at radius 1 is 1.13 bits per heavy atom. The molecule has 1 fully saturated rings. The molecule has 0 atom stereocenters. The second-order valence-electron chi connectivity index (χ2n) is 4.88. The number of benzene rings is 2. The molecule has 2 aromatic carbocycles. The molecule has 0 bridgehead atoms.